The topological polar surface area (TPSA) is 26.3 Å². The van der Waals surface area contributed by atoms with Crippen molar-refractivity contribution in [3.63, 3.8) is 0 Å². The molecule has 0 saturated carbocycles. The van der Waals surface area contributed by atoms with Crippen LogP contribution in [-0.2, 0) is 4.74 Å². The minimum absolute atomic E-state index is 0.358. The molecule has 0 bridgehead atoms. The lowest BCUT2D eigenvalue weighted by atomic mass is 10.2. The number of fused-ring (bicyclic) bond motifs is 1. The van der Waals surface area contributed by atoms with Crippen LogP contribution >= 0.6 is 34.5 Å². The third-order valence-corrected chi connectivity index (χ3v) is 3.87. The molecule has 1 heterocycles. The number of thiophene rings is 1. The predicted octanol–water partition coefficient (Wildman–Crippen LogP) is 3.99. The van der Waals surface area contributed by atoms with Crippen LogP contribution < -0.4 is 0 Å². The Labute approximate surface area is 100 Å². The molecule has 0 fully saturated rings. The number of carbonyl (C=O) groups excluding carboxylic acids is 1. The predicted molar refractivity (Wildman–Crippen MR) is 63.2 cm³/mol. The average Bonchev–Trinajstić information content (AvgIpc) is 2.67. The molecular weight excluding hydrogens is 255 g/mol. The van der Waals surface area contributed by atoms with Gasteiger partial charge in [-0.3, -0.25) is 0 Å². The number of rotatable bonds is 1. The van der Waals surface area contributed by atoms with E-state index in [0.29, 0.717) is 14.9 Å². The van der Waals surface area contributed by atoms with E-state index in [2.05, 4.69) is 4.74 Å². The van der Waals surface area contributed by atoms with Crippen molar-refractivity contribution in [3.05, 3.63) is 33.1 Å². The van der Waals surface area contributed by atoms with Gasteiger partial charge in [0.1, 0.15) is 4.88 Å². The van der Waals surface area contributed by atoms with Gasteiger partial charge in [0.15, 0.2) is 0 Å². The van der Waals surface area contributed by atoms with Gasteiger partial charge in [0.2, 0.25) is 0 Å². The van der Waals surface area contributed by atoms with Crippen molar-refractivity contribution in [1.29, 1.82) is 0 Å². The summed E-state index contributed by atoms with van der Waals surface area (Å²) in [4.78, 5) is 11.8. The van der Waals surface area contributed by atoms with Crippen molar-refractivity contribution >= 4 is 50.6 Å². The zero-order valence-electron chi connectivity index (χ0n) is 7.71. The van der Waals surface area contributed by atoms with Crippen molar-refractivity contribution in [1.82, 2.24) is 0 Å². The van der Waals surface area contributed by atoms with Crippen LogP contribution in [0.4, 0.5) is 0 Å². The maximum Gasteiger partial charge on any atom is 0.348 e. The van der Waals surface area contributed by atoms with E-state index < -0.39 is 0 Å². The molecule has 0 N–H and O–H groups in total. The number of benzene rings is 1. The van der Waals surface area contributed by atoms with Crippen molar-refractivity contribution in [2.75, 3.05) is 7.11 Å². The lowest BCUT2D eigenvalue weighted by molar-refractivity contribution is 0.0606. The number of hydrogen-bond donors (Lipinski definition) is 0. The lowest BCUT2D eigenvalue weighted by Gasteiger charge is -1.95. The Morgan fingerprint density at radius 1 is 1.40 bits per heavy atom. The summed E-state index contributed by atoms with van der Waals surface area (Å²) in [5.74, 6) is -0.358. The molecule has 2 aromatic rings. The monoisotopic (exact) mass is 260 g/mol. The summed E-state index contributed by atoms with van der Waals surface area (Å²) in [6.45, 7) is 0. The number of carbonyl (C=O) groups is 1. The summed E-state index contributed by atoms with van der Waals surface area (Å²) in [5.41, 5.74) is 0. The summed E-state index contributed by atoms with van der Waals surface area (Å²) in [6.07, 6.45) is 0. The first kappa shape index (κ1) is 10.7. The Kier molecular flexibility index (Phi) is 2.87. The molecule has 2 rings (SSSR count). The second-order valence-electron chi connectivity index (χ2n) is 2.88. The van der Waals surface area contributed by atoms with Crippen LogP contribution in [-0.4, -0.2) is 13.1 Å². The van der Waals surface area contributed by atoms with Crippen molar-refractivity contribution < 1.29 is 9.53 Å². The zero-order chi connectivity index (χ0) is 11.0. The van der Waals surface area contributed by atoms with Gasteiger partial charge in [-0.15, -0.1) is 11.3 Å². The molecule has 2 nitrogen and oxygen atoms in total. The Balaban J connectivity index is 2.66. The normalized spacial score (nSPS) is 10.6. The van der Waals surface area contributed by atoms with Gasteiger partial charge in [0, 0.05) is 10.1 Å². The molecule has 0 spiro atoms. The molecule has 1 aromatic heterocycles. The molecule has 0 aliphatic rings. The highest BCUT2D eigenvalue weighted by Crippen LogP contribution is 2.35. The first-order valence-corrected chi connectivity index (χ1v) is 5.66. The molecule has 0 amide bonds. The average molecular weight is 261 g/mol. The maximum absolute atomic E-state index is 11.3. The summed E-state index contributed by atoms with van der Waals surface area (Å²) in [6, 6.07) is 5.24. The van der Waals surface area contributed by atoms with Gasteiger partial charge in [-0.25, -0.2) is 4.79 Å². The molecular formula is C10H6Cl2O2S. The van der Waals surface area contributed by atoms with Gasteiger partial charge in [-0.05, 0) is 18.2 Å². The van der Waals surface area contributed by atoms with Crippen LogP contribution in [0.1, 0.15) is 9.67 Å². The fourth-order valence-electron chi connectivity index (χ4n) is 1.25. The highest BCUT2D eigenvalue weighted by atomic mass is 35.5. The Bertz CT molecular complexity index is 533. The summed E-state index contributed by atoms with van der Waals surface area (Å²) >= 11 is 13.2. The Morgan fingerprint density at radius 2 is 2.13 bits per heavy atom. The minimum atomic E-state index is -0.358. The third-order valence-electron chi connectivity index (χ3n) is 1.97. The number of esters is 1. The first-order chi connectivity index (χ1) is 7.13. The fraction of sp³-hybridized carbons (Fsp3) is 0.100. The molecule has 15 heavy (non-hydrogen) atoms. The maximum atomic E-state index is 11.3. The van der Waals surface area contributed by atoms with Crippen molar-refractivity contribution in [3.8, 4) is 0 Å². The highest BCUT2D eigenvalue weighted by Gasteiger charge is 2.13. The van der Waals surface area contributed by atoms with E-state index in [1.54, 1.807) is 12.1 Å². The highest BCUT2D eigenvalue weighted by molar-refractivity contribution is 7.20. The molecule has 0 unspecified atom stereocenters. The lowest BCUT2D eigenvalue weighted by Crippen LogP contribution is -1.96. The number of methoxy groups -OCH3 is 1. The van der Waals surface area contributed by atoms with Crippen molar-refractivity contribution in [2.45, 2.75) is 0 Å². The van der Waals surface area contributed by atoms with Gasteiger partial charge in [-0.1, -0.05) is 23.2 Å². The van der Waals surface area contributed by atoms with Crippen molar-refractivity contribution in [2.24, 2.45) is 0 Å². The van der Waals surface area contributed by atoms with Gasteiger partial charge < -0.3 is 4.74 Å². The summed E-state index contributed by atoms with van der Waals surface area (Å²) in [5, 5.41) is 1.74. The second kappa shape index (κ2) is 4.00. The summed E-state index contributed by atoms with van der Waals surface area (Å²) in [7, 11) is 1.35. The van der Waals surface area contributed by atoms with Gasteiger partial charge in [0.25, 0.3) is 0 Å². The Morgan fingerprint density at radius 3 is 2.80 bits per heavy atom. The van der Waals surface area contributed by atoms with Crippen LogP contribution in [0.25, 0.3) is 10.1 Å². The molecule has 78 valence electrons. The van der Waals surface area contributed by atoms with Crippen LogP contribution in [0, 0.1) is 0 Å². The third kappa shape index (κ3) is 1.83. The molecule has 0 saturated heterocycles. The van der Waals surface area contributed by atoms with Crippen LogP contribution in [0.5, 0.6) is 0 Å². The standard InChI is InChI=1S/C10H6Cl2O2S/c1-14-10(13)8-4-5-7(15-8)3-2-6(11)9(5)12/h2-4H,1H3. The van der Waals surface area contributed by atoms with E-state index >= 15 is 0 Å². The zero-order valence-corrected chi connectivity index (χ0v) is 10.0. The Hall–Kier alpha value is -0.770. The van der Waals surface area contributed by atoms with Gasteiger partial charge >= 0.3 is 5.97 Å². The SMILES string of the molecule is COC(=O)c1cc2c(Cl)c(Cl)ccc2s1. The minimum Gasteiger partial charge on any atom is -0.465 e. The van der Waals surface area contributed by atoms with E-state index in [4.69, 9.17) is 23.2 Å². The molecule has 0 radical (unpaired) electrons. The number of ether oxygens (including phenoxy) is 1. The van der Waals surface area contributed by atoms with Crippen LogP contribution in [0.15, 0.2) is 18.2 Å². The summed E-state index contributed by atoms with van der Waals surface area (Å²) < 4.78 is 5.55. The van der Waals surface area contributed by atoms with Gasteiger partial charge in [0.05, 0.1) is 17.2 Å². The van der Waals surface area contributed by atoms with E-state index in [9.17, 15) is 4.79 Å². The molecule has 1 aromatic carbocycles. The molecule has 0 aliphatic carbocycles. The molecule has 5 heteroatoms. The largest absolute Gasteiger partial charge is 0.465 e. The quantitative estimate of drug-likeness (QED) is 0.725. The second-order valence-corrected chi connectivity index (χ2v) is 4.74. The number of halogens is 2. The molecule has 0 atom stereocenters. The van der Waals surface area contributed by atoms with E-state index in [1.807, 2.05) is 6.07 Å². The smallest absolute Gasteiger partial charge is 0.348 e. The van der Waals surface area contributed by atoms with E-state index in [1.165, 1.54) is 18.4 Å². The van der Waals surface area contributed by atoms with E-state index in [0.717, 1.165) is 10.1 Å². The van der Waals surface area contributed by atoms with Crippen LogP contribution in [0.3, 0.4) is 0 Å². The number of hydrogen-bond acceptors (Lipinski definition) is 3. The van der Waals surface area contributed by atoms with E-state index in [-0.39, 0.29) is 5.97 Å². The first-order valence-electron chi connectivity index (χ1n) is 4.09. The van der Waals surface area contributed by atoms with Crippen LogP contribution in [0.2, 0.25) is 10.0 Å². The molecule has 0 aliphatic heterocycles. The van der Waals surface area contributed by atoms with Gasteiger partial charge in [-0.2, -0.15) is 0 Å². The fourth-order valence-corrected chi connectivity index (χ4v) is 2.68.